The number of hydrogen-bond acceptors (Lipinski definition) is 5. The molecule has 9 heteroatoms. The summed E-state index contributed by atoms with van der Waals surface area (Å²) in [7, 11) is -2.49. The number of amides is 2. The van der Waals surface area contributed by atoms with Gasteiger partial charge in [0, 0.05) is 30.8 Å². The van der Waals surface area contributed by atoms with Crippen molar-refractivity contribution in [2.45, 2.75) is 24.3 Å². The molecule has 0 unspecified atom stereocenters. The maximum absolute atomic E-state index is 12.9. The van der Waals surface area contributed by atoms with Gasteiger partial charge in [0.2, 0.25) is 5.91 Å². The van der Waals surface area contributed by atoms with Crippen molar-refractivity contribution in [3.63, 3.8) is 0 Å². The van der Waals surface area contributed by atoms with Crippen molar-refractivity contribution in [1.29, 1.82) is 0 Å². The van der Waals surface area contributed by atoms with Crippen molar-refractivity contribution in [3.8, 4) is 5.75 Å². The first-order chi connectivity index (χ1) is 16.4. The number of carbonyl (C=O) groups excluding carboxylic acids is 2. The van der Waals surface area contributed by atoms with E-state index in [2.05, 4.69) is 10.0 Å². The molecule has 8 nitrogen and oxygen atoms in total. The Morgan fingerprint density at radius 1 is 1.03 bits per heavy atom. The molecule has 34 heavy (non-hydrogen) atoms. The van der Waals surface area contributed by atoms with Crippen LogP contribution in [-0.2, 0) is 21.4 Å². The zero-order chi connectivity index (χ0) is 24.1. The summed E-state index contributed by atoms with van der Waals surface area (Å²) in [6, 6.07) is 19.7. The minimum Gasteiger partial charge on any atom is -0.495 e. The molecule has 0 atom stereocenters. The Balaban J connectivity index is 1.49. The van der Waals surface area contributed by atoms with E-state index in [0.29, 0.717) is 30.1 Å². The number of sulfonamides is 1. The van der Waals surface area contributed by atoms with E-state index >= 15 is 0 Å². The lowest BCUT2D eigenvalue weighted by atomic mass is 10.1. The predicted octanol–water partition coefficient (Wildman–Crippen LogP) is 3.87. The lowest BCUT2D eigenvalue weighted by molar-refractivity contribution is -0.128. The van der Waals surface area contributed by atoms with E-state index in [4.69, 9.17) is 4.74 Å². The molecule has 2 N–H and O–H groups in total. The van der Waals surface area contributed by atoms with Gasteiger partial charge in [-0.3, -0.25) is 14.3 Å². The van der Waals surface area contributed by atoms with Gasteiger partial charge in [-0.25, -0.2) is 8.42 Å². The number of nitrogens with one attached hydrogen (secondary N) is 2. The third-order valence-electron chi connectivity index (χ3n) is 5.49. The van der Waals surface area contributed by atoms with Gasteiger partial charge in [0.1, 0.15) is 5.75 Å². The fraction of sp³-hybridized carbons (Fsp3) is 0.200. The van der Waals surface area contributed by atoms with Gasteiger partial charge in [-0.05, 0) is 54.4 Å². The van der Waals surface area contributed by atoms with Gasteiger partial charge in [0.25, 0.3) is 15.9 Å². The molecule has 3 aromatic carbocycles. The number of hydrogen-bond donors (Lipinski definition) is 2. The smallest absolute Gasteiger partial charge is 0.262 e. The Morgan fingerprint density at radius 2 is 1.82 bits per heavy atom. The van der Waals surface area contributed by atoms with Crippen molar-refractivity contribution in [3.05, 3.63) is 83.9 Å². The summed E-state index contributed by atoms with van der Waals surface area (Å²) in [6.07, 6.45) is 1.43. The molecule has 4 rings (SSSR count). The molecule has 0 radical (unpaired) electrons. The van der Waals surface area contributed by atoms with Crippen LogP contribution < -0.4 is 14.8 Å². The van der Waals surface area contributed by atoms with E-state index in [9.17, 15) is 18.0 Å². The highest BCUT2D eigenvalue weighted by Crippen LogP contribution is 2.26. The van der Waals surface area contributed by atoms with Crippen molar-refractivity contribution in [2.75, 3.05) is 23.7 Å². The number of benzene rings is 3. The Bertz CT molecular complexity index is 1320. The van der Waals surface area contributed by atoms with E-state index in [1.54, 1.807) is 41.3 Å². The SMILES string of the molecule is COc1ccccc1NS(=O)(=O)c1cccc(C(=O)Nc2cccc(CN3CCCC3=O)c2)c1. The van der Waals surface area contributed by atoms with Crippen LogP contribution in [0.25, 0.3) is 0 Å². The molecule has 1 saturated heterocycles. The summed E-state index contributed by atoms with van der Waals surface area (Å²) >= 11 is 0. The van der Waals surface area contributed by atoms with Crippen LogP contribution in [0.4, 0.5) is 11.4 Å². The van der Waals surface area contributed by atoms with E-state index in [1.165, 1.54) is 25.3 Å². The minimum absolute atomic E-state index is 0.0487. The van der Waals surface area contributed by atoms with Gasteiger partial charge in [0.15, 0.2) is 0 Å². The predicted molar refractivity (Wildman–Crippen MR) is 129 cm³/mol. The lowest BCUT2D eigenvalue weighted by Crippen LogP contribution is -2.23. The van der Waals surface area contributed by atoms with Crippen LogP contribution in [0.2, 0.25) is 0 Å². The largest absolute Gasteiger partial charge is 0.495 e. The van der Waals surface area contributed by atoms with Crippen LogP contribution in [0.5, 0.6) is 5.75 Å². The normalized spacial score (nSPS) is 13.6. The Kier molecular flexibility index (Phi) is 6.83. The quantitative estimate of drug-likeness (QED) is 0.510. The number of likely N-dealkylation sites (tertiary alicyclic amines) is 1. The number of methoxy groups -OCH3 is 1. The van der Waals surface area contributed by atoms with Crippen molar-refractivity contribution in [1.82, 2.24) is 4.90 Å². The summed E-state index contributed by atoms with van der Waals surface area (Å²) < 4.78 is 33.5. The monoisotopic (exact) mass is 479 g/mol. The van der Waals surface area contributed by atoms with Crippen LogP contribution in [0.15, 0.2) is 77.7 Å². The molecule has 176 valence electrons. The van der Waals surface area contributed by atoms with Crippen LogP contribution >= 0.6 is 0 Å². The highest BCUT2D eigenvalue weighted by molar-refractivity contribution is 7.92. The minimum atomic E-state index is -3.95. The molecule has 1 heterocycles. The number of para-hydroxylation sites is 2. The van der Waals surface area contributed by atoms with Gasteiger partial charge in [-0.15, -0.1) is 0 Å². The van der Waals surface area contributed by atoms with Gasteiger partial charge < -0.3 is 15.0 Å². The van der Waals surface area contributed by atoms with Gasteiger partial charge in [-0.1, -0.05) is 30.3 Å². The molecule has 1 fully saturated rings. The average molecular weight is 480 g/mol. The maximum atomic E-state index is 12.9. The molecular formula is C25H25N3O5S. The van der Waals surface area contributed by atoms with Crippen molar-refractivity contribution in [2.24, 2.45) is 0 Å². The third-order valence-corrected chi connectivity index (χ3v) is 6.85. The fourth-order valence-corrected chi connectivity index (χ4v) is 4.90. The highest BCUT2D eigenvalue weighted by atomic mass is 32.2. The summed E-state index contributed by atoms with van der Waals surface area (Å²) in [5.41, 5.74) is 1.97. The first-order valence-corrected chi connectivity index (χ1v) is 12.3. The van der Waals surface area contributed by atoms with Crippen LogP contribution in [0.3, 0.4) is 0 Å². The van der Waals surface area contributed by atoms with E-state index < -0.39 is 15.9 Å². The maximum Gasteiger partial charge on any atom is 0.262 e. The molecule has 1 aliphatic rings. The second kappa shape index (κ2) is 9.96. The molecule has 3 aromatic rings. The van der Waals surface area contributed by atoms with Crippen LogP contribution in [-0.4, -0.2) is 38.8 Å². The second-order valence-corrected chi connectivity index (χ2v) is 9.59. The molecule has 0 bridgehead atoms. The standard InChI is InChI=1S/C25H25N3O5S/c1-33-23-12-3-2-11-22(23)27-34(31,32)21-10-5-8-19(16-21)25(30)26-20-9-4-7-18(15-20)17-28-14-6-13-24(28)29/h2-5,7-12,15-16,27H,6,13-14,17H2,1H3,(H,26,30). The summed E-state index contributed by atoms with van der Waals surface area (Å²) in [6.45, 7) is 1.23. The van der Waals surface area contributed by atoms with Gasteiger partial charge in [0.05, 0.1) is 17.7 Å². The zero-order valence-corrected chi connectivity index (χ0v) is 19.5. The Hall–Kier alpha value is -3.85. The summed E-state index contributed by atoms with van der Waals surface area (Å²) in [5, 5.41) is 2.80. The Morgan fingerprint density at radius 3 is 2.59 bits per heavy atom. The second-order valence-electron chi connectivity index (χ2n) is 7.91. The molecule has 1 aliphatic heterocycles. The van der Waals surface area contributed by atoms with E-state index in [-0.39, 0.29) is 16.4 Å². The zero-order valence-electron chi connectivity index (χ0n) is 18.7. The van der Waals surface area contributed by atoms with Crippen LogP contribution in [0, 0.1) is 0 Å². The molecule has 0 aromatic heterocycles. The topological polar surface area (TPSA) is 105 Å². The lowest BCUT2D eigenvalue weighted by Gasteiger charge is -2.16. The summed E-state index contributed by atoms with van der Waals surface area (Å²) in [5.74, 6) is 0.0772. The highest BCUT2D eigenvalue weighted by Gasteiger charge is 2.21. The van der Waals surface area contributed by atoms with Crippen molar-refractivity contribution >= 4 is 33.2 Å². The molecule has 0 aliphatic carbocycles. The number of ether oxygens (including phenoxy) is 1. The fourth-order valence-electron chi connectivity index (χ4n) is 3.78. The molecule has 0 spiro atoms. The van der Waals surface area contributed by atoms with E-state index in [0.717, 1.165) is 18.5 Å². The first-order valence-electron chi connectivity index (χ1n) is 10.8. The average Bonchev–Trinajstić information content (AvgIpc) is 3.23. The molecule has 0 saturated carbocycles. The number of anilines is 2. The number of nitrogens with zero attached hydrogens (tertiary/aromatic N) is 1. The van der Waals surface area contributed by atoms with Crippen molar-refractivity contribution < 1.29 is 22.7 Å². The van der Waals surface area contributed by atoms with Crippen LogP contribution in [0.1, 0.15) is 28.8 Å². The molecular weight excluding hydrogens is 454 g/mol. The van der Waals surface area contributed by atoms with Gasteiger partial charge in [-0.2, -0.15) is 0 Å². The third kappa shape index (κ3) is 5.37. The first kappa shape index (κ1) is 23.3. The molecule has 2 amide bonds. The van der Waals surface area contributed by atoms with E-state index in [1.807, 2.05) is 18.2 Å². The van der Waals surface area contributed by atoms with Gasteiger partial charge >= 0.3 is 0 Å². The Labute approximate surface area is 198 Å². The summed E-state index contributed by atoms with van der Waals surface area (Å²) in [4.78, 5) is 26.5. The number of rotatable bonds is 8. The number of carbonyl (C=O) groups is 2.